The molecule has 10 heteroatoms. The summed E-state index contributed by atoms with van der Waals surface area (Å²) in [5.74, 6) is 0.0395. The Kier molecular flexibility index (Phi) is 7.93. The van der Waals surface area contributed by atoms with Crippen molar-refractivity contribution < 1.29 is 17.9 Å². The molecule has 0 fully saturated rings. The van der Waals surface area contributed by atoms with Gasteiger partial charge in [-0.1, -0.05) is 42.5 Å². The van der Waals surface area contributed by atoms with Crippen molar-refractivity contribution in [2.45, 2.75) is 4.90 Å². The summed E-state index contributed by atoms with van der Waals surface area (Å²) in [6.45, 7) is 0. The van der Waals surface area contributed by atoms with Crippen molar-refractivity contribution in [2.24, 2.45) is 10.2 Å². The first-order valence-electron chi connectivity index (χ1n) is 12.7. The van der Waals surface area contributed by atoms with Gasteiger partial charge in [0.25, 0.3) is 15.9 Å². The maximum atomic E-state index is 13.2. The summed E-state index contributed by atoms with van der Waals surface area (Å²) >= 11 is 0. The van der Waals surface area contributed by atoms with Gasteiger partial charge >= 0.3 is 0 Å². The van der Waals surface area contributed by atoms with Crippen molar-refractivity contribution in [2.75, 3.05) is 29.5 Å². The third-order valence-electron chi connectivity index (χ3n) is 6.29. The molecule has 3 N–H and O–H groups in total. The van der Waals surface area contributed by atoms with Crippen LogP contribution in [-0.4, -0.2) is 28.5 Å². The molecule has 0 aliphatic heterocycles. The zero-order chi connectivity index (χ0) is 28.8. The van der Waals surface area contributed by atoms with E-state index < -0.39 is 10.0 Å². The minimum atomic E-state index is -3.89. The van der Waals surface area contributed by atoms with Crippen molar-refractivity contribution in [1.82, 2.24) is 0 Å². The van der Waals surface area contributed by atoms with E-state index in [0.29, 0.717) is 28.4 Å². The Labute approximate surface area is 238 Å². The fourth-order valence-corrected chi connectivity index (χ4v) is 5.25. The second kappa shape index (κ2) is 11.9. The van der Waals surface area contributed by atoms with Crippen molar-refractivity contribution in [3.8, 4) is 5.75 Å². The largest absolute Gasteiger partial charge is 0.494 e. The highest BCUT2D eigenvalue weighted by atomic mass is 32.2. The van der Waals surface area contributed by atoms with Gasteiger partial charge in [-0.25, -0.2) is 8.42 Å². The normalized spacial score (nSPS) is 11.4. The molecule has 0 bridgehead atoms. The molecule has 0 heterocycles. The van der Waals surface area contributed by atoms with Crippen LogP contribution in [0.15, 0.2) is 124 Å². The van der Waals surface area contributed by atoms with Crippen LogP contribution in [0.25, 0.3) is 10.8 Å². The number of carbonyl (C=O) groups is 1. The van der Waals surface area contributed by atoms with Gasteiger partial charge in [0.1, 0.15) is 11.4 Å². The minimum absolute atomic E-state index is 0.00150. The predicted molar refractivity (Wildman–Crippen MR) is 162 cm³/mol. The number of fused-ring (bicyclic) bond motifs is 1. The number of benzene rings is 5. The van der Waals surface area contributed by atoms with Crippen LogP contribution in [0.2, 0.25) is 0 Å². The second-order valence-electron chi connectivity index (χ2n) is 9.00. The standard InChI is InChI=1S/C31H27N5O4S/c1-32-23-12-14-24(15-13-23)33-31(37)22-18-21-8-6-7-11-27(21)28(19-22)34-35-29-20-26(16-17-30(29)40-2)41(38,39)36-25-9-4-3-5-10-25/h3-20,32,36H,1-2H3,(H,33,37). The molecular formula is C31H27N5O4S. The monoisotopic (exact) mass is 565 g/mol. The second-order valence-corrected chi connectivity index (χ2v) is 10.7. The lowest BCUT2D eigenvalue weighted by Crippen LogP contribution is -2.12. The molecular weight excluding hydrogens is 538 g/mol. The molecule has 0 saturated heterocycles. The van der Waals surface area contributed by atoms with E-state index in [9.17, 15) is 13.2 Å². The van der Waals surface area contributed by atoms with E-state index in [-0.39, 0.29) is 16.5 Å². The van der Waals surface area contributed by atoms with Crippen LogP contribution in [0.5, 0.6) is 5.75 Å². The van der Waals surface area contributed by atoms with Gasteiger partial charge in [0, 0.05) is 35.1 Å². The number of nitrogens with zero attached hydrogens (tertiary/aromatic N) is 2. The van der Waals surface area contributed by atoms with E-state index in [1.54, 1.807) is 42.5 Å². The number of sulfonamides is 1. The lowest BCUT2D eigenvalue weighted by molar-refractivity contribution is 0.102. The lowest BCUT2D eigenvalue weighted by Gasteiger charge is -2.11. The average Bonchev–Trinajstić information content (AvgIpc) is 3.00. The lowest BCUT2D eigenvalue weighted by atomic mass is 10.0. The number of nitrogens with one attached hydrogen (secondary N) is 3. The fraction of sp³-hybridized carbons (Fsp3) is 0.0645. The first-order valence-corrected chi connectivity index (χ1v) is 14.1. The molecule has 0 spiro atoms. The van der Waals surface area contributed by atoms with E-state index in [1.165, 1.54) is 25.3 Å². The van der Waals surface area contributed by atoms with E-state index in [1.807, 2.05) is 55.6 Å². The van der Waals surface area contributed by atoms with Crippen LogP contribution < -0.4 is 20.1 Å². The zero-order valence-corrected chi connectivity index (χ0v) is 23.1. The Morgan fingerprint density at radius 3 is 2.15 bits per heavy atom. The van der Waals surface area contributed by atoms with Crippen LogP contribution in [-0.2, 0) is 10.0 Å². The fourth-order valence-electron chi connectivity index (χ4n) is 4.17. The molecule has 0 radical (unpaired) electrons. The molecule has 0 unspecified atom stereocenters. The summed E-state index contributed by atoms with van der Waals surface area (Å²) in [6, 6.07) is 31.2. The van der Waals surface area contributed by atoms with Crippen LogP contribution in [0.3, 0.4) is 0 Å². The number of hydrogen-bond donors (Lipinski definition) is 3. The van der Waals surface area contributed by atoms with Crippen LogP contribution >= 0.6 is 0 Å². The van der Waals surface area contributed by atoms with Crippen molar-refractivity contribution in [3.05, 3.63) is 115 Å². The van der Waals surface area contributed by atoms with Gasteiger partial charge in [0.2, 0.25) is 0 Å². The van der Waals surface area contributed by atoms with Crippen molar-refractivity contribution in [3.63, 3.8) is 0 Å². The van der Waals surface area contributed by atoms with Crippen LogP contribution in [0, 0.1) is 0 Å². The first kappa shape index (κ1) is 27.4. The van der Waals surface area contributed by atoms with Gasteiger partial charge in [-0.2, -0.15) is 0 Å². The Morgan fingerprint density at radius 2 is 1.41 bits per heavy atom. The number of anilines is 3. The van der Waals surface area contributed by atoms with Gasteiger partial charge in [-0.05, 0) is 72.1 Å². The van der Waals surface area contributed by atoms with E-state index in [4.69, 9.17) is 4.74 Å². The Balaban J connectivity index is 1.48. The maximum absolute atomic E-state index is 13.2. The predicted octanol–water partition coefficient (Wildman–Crippen LogP) is 7.36. The molecule has 1 amide bonds. The summed E-state index contributed by atoms with van der Waals surface area (Å²) < 4.78 is 34.0. The SMILES string of the molecule is CNc1ccc(NC(=O)c2cc(N=Nc3cc(S(=O)(=O)Nc4ccccc4)ccc3OC)c3ccccc3c2)cc1. The van der Waals surface area contributed by atoms with Gasteiger partial charge in [0.15, 0.2) is 0 Å². The van der Waals surface area contributed by atoms with Gasteiger partial charge < -0.3 is 15.4 Å². The number of carbonyl (C=O) groups excluding carboxylic acids is 1. The summed E-state index contributed by atoms with van der Waals surface area (Å²) in [6.07, 6.45) is 0. The average molecular weight is 566 g/mol. The molecule has 0 atom stereocenters. The zero-order valence-electron chi connectivity index (χ0n) is 22.3. The Bertz CT molecular complexity index is 1840. The summed E-state index contributed by atoms with van der Waals surface area (Å²) in [5, 5.41) is 16.3. The number of para-hydroxylation sites is 1. The molecule has 206 valence electrons. The molecule has 41 heavy (non-hydrogen) atoms. The molecule has 9 nitrogen and oxygen atoms in total. The molecule has 5 aromatic rings. The quantitative estimate of drug-likeness (QED) is 0.161. The van der Waals surface area contributed by atoms with Crippen LogP contribution in [0.4, 0.5) is 28.4 Å². The van der Waals surface area contributed by atoms with Gasteiger partial charge in [-0.15, -0.1) is 10.2 Å². The number of hydrogen-bond acceptors (Lipinski definition) is 7. The number of rotatable bonds is 9. The van der Waals surface area contributed by atoms with Gasteiger partial charge in [0.05, 0.1) is 17.7 Å². The Hall–Kier alpha value is -5.22. The summed E-state index contributed by atoms with van der Waals surface area (Å²) in [5.41, 5.74) is 3.07. The maximum Gasteiger partial charge on any atom is 0.261 e. The Morgan fingerprint density at radius 1 is 0.732 bits per heavy atom. The van der Waals surface area contributed by atoms with Gasteiger partial charge in [-0.3, -0.25) is 9.52 Å². The highest BCUT2D eigenvalue weighted by Gasteiger charge is 2.17. The van der Waals surface area contributed by atoms with Crippen molar-refractivity contribution in [1.29, 1.82) is 0 Å². The topological polar surface area (TPSA) is 121 Å². The third kappa shape index (κ3) is 6.34. The molecule has 0 aliphatic carbocycles. The molecule has 0 aliphatic rings. The minimum Gasteiger partial charge on any atom is -0.494 e. The number of azo groups is 1. The molecule has 5 aromatic carbocycles. The number of methoxy groups -OCH3 is 1. The molecule has 0 saturated carbocycles. The van der Waals surface area contributed by atoms with E-state index in [0.717, 1.165) is 16.5 Å². The third-order valence-corrected chi connectivity index (χ3v) is 7.66. The summed E-state index contributed by atoms with van der Waals surface area (Å²) in [7, 11) is -0.604. The summed E-state index contributed by atoms with van der Waals surface area (Å²) in [4.78, 5) is 13.2. The van der Waals surface area contributed by atoms with Crippen molar-refractivity contribution >= 4 is 55.1 Å². The van der Waals surface area contributed by atoms with E-state index in [2.05, 4.69) is 25.6 Å². The highest BCUT2D eigenvalue weighted by molar-refractivity contribution is 7.92. The highest BCUT2D eigenvalue weighted by Crippen LogP contribution is 2.35. The smallest absolute Gasteiger partial charge is 0.261 e. The number of amides is 1. The molecule has 5 rings (SSSR count). The number of ether oxygens (including phenoxy) is 1. The first-order chi connectivity index (χ1) is 19.9. The van der Waals surface area contributed by atoms with E-state index >= 15 is 0 Å². The molecule has 0 aromatic heterocycles. The van der Waals surface area contributed by atoms with Crippen LogP contribution in [0.1, 0.15) is 10.4 Å².